The normalized spacial score (nSPS) is 11.0. The number of hydrogen-bond acceptors (Lipinski definition) is 3. The maximum Gasteiger partial charge on any atom is 0.222 e. The number of rotatable bonds is 5. The van der Waals surface area contributed by atoms with Crippen LogP contribution in [0.25, 0.3) is 0 Å². The zero-order chi connectivity index (χ0) is 15.4. The number of halogens is 1. The molecule has 2 rings (SSSR count). The zero-order valence-electron chi connectivity index (χ0n) is 12.9. The second-order valence-electron chi connectivity index (χ2n) is 5.51. The van der Waals surface area contributed by atoms with Crippen molar-refractivity contribution in [2.24, 2.45) is 0 Å². The summed E-state index contributed by atoms with van der Waals surface area (Å²) in [5.41, 5.74) is 3.35. The van der Waals surface area contributed by atoms with Gasteiger partial charge in [-0.25, -0.2) is 4.98 Å². The molecule has 1 heterocycles. The number of hydrogen-bond donors (Lipinski definition) is 1. The van der Waals surface area contributed by atoms with Crippen LogP contribution in [0.2, 0.25) is 0 Å². The smallest absolute Gasteiger partial charge is 0.222 e. The molecule has 0 aliphatic carbocycles. The van der Waals surface area contributed by atoms with E-state index in [1.54, 1.807) is 0 Å². The van der Waals surface area contributed by atoms with Gasteiger partial charge in [0.15, 0.2) is 0 Å². The molecule has 0 fully saturated rings. The molecule has 0 saturated carbocycles. The van der Waals surface area contributed by atoms with Crippen molar-refractivity contribution < 1.29 is 4.74 Å². The van der Waals surface area contributed by atoms with Gasteiger partial charge >= 0.3 is 0 Å². The molecule has 3 nitrogen and oxygen atoms in total. The van der Waals surface area contributed by atoms with Crippen LogP contribution < -0.4 is 10.1 Å². The second-order valence-corrected chi connectivity index (χ2v) is 6.37. The van der Waals surface area contributed by atoms with Crippen molar-refractivity contribution in [1.82, 2.24) is 10.3 Å². The van der Waals surface area contributed by atoms with Gasteiger partial charge < -0.3 is 10.1 Å². The van der Waals surface area contributed by atoms with E-state index in [0.29, 0.717) is 11.9 Å². The molecule has 21 heavy (non-hydrogen) atoms. The summed E-state index contributed by atoms with van der Waals surface area (Å²) in [4.78, 5) is 4.43. The van der Waals surface area contributed by atoms with Gasteiger partial charge in [-0.05, 0) is 49.2 Å². The largest absolute Gasteiger partial charge is 0.439 e. The van der Waals surface area contributed by atoms with E-state index in [1.165, 1.54) is 5.56 Å². The SMILES string of the molecule is Cc1cc(Oc2ncc(CNC(C)C)cc2C)ccc1Br. The summed E-state index contributed by atoms with van der Waals surface area (Å²) >= 11 is 3.49. The first kappa shape index (κ1) is 16.0. The lowest BCUT2D eigenvalue weighted by atomic mass is 10.2. The molecule has 0 amide bonds. The fourth-order valence-corrected chi connectivity index (χ4v) is 2.18. The first-order valence-electron chi connectivity index (χ1n) is 7.08. The van der Waals surface area contributed by atoms with Crippen molar-refractivity contribution in [2.45, 2.75) is 40.3 Å². The minimum absolute atomic E-state index is 0.465. The Balaban J connectivity index is 2.11. The van der Waals surface area contributed by atoms with Gasteiger partial charge in [0.05, 0.1) is 0 Å². The van der Waals surface area contributed by atoms with Gasteiger partial charge in [0, 0.05) is 28.8 Å². The Labute approximate surface area is 134 Å². The highest BCUT2D eigenvalue weighted by Gasteiger charge is 2.06. The molecule has 112 valence electrons. The van der Waals surface area contributed by atoms with E-state index >= 15 is 0 Å². The third kappa shape index (κ3) is 4.55. The lowest BCUT2D eigenvalue weighted by Gasteiger charge is -2.12. The van der Waals surface area contributed by atoms with Crippen LogP contribution in [-0.4, -0.2) is 11.0 Å². The van der Waals surface area contributed by atoms with Crippen molar-refractivity contribution in [1.29, 1.82) is 0 Å². The first-order valence-corrected chi connectivity index (χ1v) is 7.88. The van der Waals surface area contributed by atoms with Gasteiger partial charge in [-0.15, -0.1) is 0 Å². The summed E-state index contributed by atoms with van der Waals surface area (Å²) in [6, 6.07) is 8.50. The predicted octanol–water partition coefficient (Wildman–Crippen LogP) is 4.75. The average molecular weight is 349 g/mol. The Morgan fingerprint density at radius 1 is 1.19 bits per heavy atom. The molecule has 1 N–H and O–H groups in total. The van der Waals surface area contributed by atoms with Gasteiger partial charge in [0.1, 0.15) is 5.75 Å². The van der Waals surface area contributed by atoms with Gasteiger partial charge in [-0.1, -0.05) is 29.8 Å². The van der Waals surface area contributed by atoms with Crippen LogP contribution in [0.4, 0.5) is 0 Å². The number of aryl methyl sites for hydroxylation is 2. The molecule has 0 bridgehead atoms. The molecule has 0 aliphatic heterocycles. The lowest BCUT2D eigenvalue weighted by Crippen LogP contribution is -2.21. The number of nitrogens with zero attached hydrogens (tertiary/aromatic N) is 1. The van der Waals surface area contributed by atoms with Gasteiger partial charge in [0.25, 0.3) is 0 Å². The Morgan fingerprint density at radius 3 is 2.57 bits per heavy atom. The number of pyridine rings is 1. The van der Waals surface area contributed by atoms with Crippen molar-refractivity contribution in [3.8, 4) is 11.6 Å². The molecule has 0 radical (unpaired) electrons. The van der Waals surface area contributed by atoms with E-state index in [2.05, 4.69) is 46.1 Å². The van der Waals surface area contributed by atoms with Crippen molar-refractivity contribution >= 4 is 15.9 Å². The summed E-state index contributed by atoms with van der Waals surface area (Å²) < 4.78 is 6.95. The highest BCUT2D eigenvalue weighted by atomic mass is 79.9. The molecule has 0 atom stereocenters. The molecule has 0 unspecified atom stereocenters. The highest BCUT2D eigenvalue weighted by molar-refractivity contribution is 9.10. The summed E-state index contributed by atoms with van der Waals surface area (Å²) in [5, 5.41) is 3.39. The number of nitrogens with one attached hydrogen (secondary N) is 1. The summed E-state index contributed by atoms with van der Waals surface area (Å²) in [6.45, 7) is 9.15. The summed E-state index contributed by atoms with van der Waals surface area (Å²) in [5.74, 6) is 1.46. The predicted molar refractivity (Wildman–Crippen MR) is 89.9 cm³/mol. The number of aromatic nitrogens is 1. The fraction of sp³-hybridized carbons (Fsp3) is 0.353. The number of benzene rings is 1. The maximum atomic E-state index is 5.87. The van der Waals surface area contributed by atoms with Gasteiger partial charge in [-0.2, -0.15) is 0 Å². The maximum absolute atomic E-state index is 5.87. The van der Waals surface area contributed by atoms with Crippen molar-refractivity contribution in [3.63, 3.8) is 0 Å². The van der Waals surface area contributed by atoms with Gasteiger partial charge in [-0.3, -0.25) is 0 Å². The minimum Gasteiger partial charge on any atom is -0.439 e. The second kappa shape index (κ2) is 7.05. The van der Waals surface area contributed by atoms with Gasteiger partial charge in [0.2, 0.25) is 5.88 Å². The van der Waals surface area contributed by atoms with Crippen molar-refractivity contribution in [3.05, 3.63) is 51.6 Å². The molecule has 0 saturated heterocycles. The molecule has 1 aromatic carbocycles. The Morgan fingerprint density at radius 2 is 1.95 bits per heavy atom. The monoisotopic (exact) mass is 348 g/mol. The molecule has 2 aromatic rings. The van der Waals surface area contributed by atoms with Crippen LogP contribution in [-0.2, 0) is 6.54 Å². The topological polar surface area (TPSA) is 34.1 Å². The van der Waals surface area contributed by atoms with Crippen LogP contribution in [0.15, 0.2) is 34.9 Å². The van der Waals surface area contributed by atoms with Crippen LogP contribution in [0.3, 0.4) is 0 Å². The third-order valence-electron chi connectivity index (χ3n) is 3.15. The standard InChI is InChI=1S/C17H21BrN2O/c1-11(2)19-9-14-7-13(4)17(20-10-14)21-15-5-6-16(18)12(3)8-15/h5-8,10-11,19H,9H2,1-4H3. The summed E-state index contributed by atoms with van der Waals surface area (Å²) in [6.07, 6.45) is 1.86. The summed E-state index contributed by atoms with van der Waals surface area (Å²) in [7, 11) is 0. The molecule has 0 aliphatic rings. The Kier molecular flexibility index (Phi) is 5.37. The van der Waals surface area contributed by atoms with E-state index in [-0.39, 0.29) is 0 Å². The Hall–Kier alpha value is -1.39. The third-order valence-corrected chi connectivity index (χ3v) is 4.03. The van der Waals surface area contributed by atoms with E-state index in [4.69, 9.17) is 4.74 Å². The molecular formula is C17H21BrN2O. The molecule has 0 spiro atoms. The van der Waals surface area contributed by atoms with E-state index in [1.807, 2.05) is 38.2 Å². The molecule has 4 heteroatoms. The van der Waals surface area contributed by atoms with E-state index in [9.17, 15) is 0 Å². The highest BCUT2D eigenvalue weighted by Crippen LogP contribution is 2.27. The minimum atomic E-state index is 0.465. The van der Waals surface area contributed by atoms with E-state index < -0.39 is 0 Å². The number of ether oxygens (including phenoxy) is 1. The van der Waals surface area contributed by atoms with E-state index in [0.717, 1.165) is 27.9 Å². The van der Waals surface area contributed by atoms with Crippen LogP contribution in [0.5, 0.6) is 11.6 Å². The van der Waals surface area contributed by atoms with Crippen LogP contribution in [0.1, 0.15) is 30.5 Å². The quantitative estimate of drug-likeness (QED) is 0.846. The fourth-order valence-electron chi connectivity index (χ4n) is 1.94. The molecular weight excluding hydrogens is 328 g/mol. The van der Waals surface area contributed by atoms with Crippen LogP contribution >= 0.6 is 15.9 Å². The molecule has 1 aromatic heterocycles. The Bertz CT molecular complexity index is 626. The lowest BCUT2D eigenvalue weighted by molar-refractivity contribution is 0.457. The zero-order valence-corrected chi connectivity index (χ0v) is 14.5. The van der Waals surface area contributed by atoms with Crippen molar-refractivity contribution in [2.75, 3.05) is 0 Å². The average Bonchev–Trinajstić information content (AvgIpc) is 2.43. The van der Waals surface area contributed by atoms with Crippen LogP contribution in [0, 0.1) is 13.8 Å². The first-order chi connectivity index (χ1) is 9.95.